The molecule has 1 aromatic rings. The predicted octanol–water partition coefficient (Wildman–Crippen LogP) is 2.11. The van der Waals surface area contributed by atoms with Gasteiger partial charge in [-0.15, -0.1) is 0 Å². The van der Waals surface area contributed by atoms with Gasteiger partial charge in [0.1, 0.15) is 22.9 Å². The van der Waals surface area contributed by atoms with Crippen LogP contribution in [0.15, 0.2) is 12.1 Å². The normalized spacial score (nSPS) is 10.4. The lowest BCUT2D eigenvalue weighted by atomic mass is 10.1. The summed E-state index contributed by atoms with van der Waals surface area (Å²) in [6, 6.07) is 1.99. The van der Waals surface area contributed by atoms with E-state index < -0.39 is 23.1 Å². The molecule has 0 aliphatic rings. The molecule has 0 saturated heterocycles. The molecule has 0 atom stereocenters. The number of halogens is 2. The number of benzene rings is 1. The number of amides is 1. The number of rotatable bonds is 3. The highest BCUT2D eigenvalue weighted by Gasteiger charge is 2.18. The van der Waals surface area contributed by atoms with Crippen LogP contribution in [0.5, 0.6) is 5.75 Å². The molecule has 1 N–H and O–H groups in total. The summed E-state index contributed by atoms with van der Waals surface area (Å²) in [6.07, 6.45) is -0.190. The summed E-state index contributed by atoms with van der Waals surface area (Å²) in [7, 11) is 1.31. The fourth-order valence-corrected chi connectivity index (χ4v) is 1.23. The average molecular weight is 229 g/mol. The third-order valence-corrected chi connectivity index (χ3v) is 1.84. The van der Waals surface area contributed by atoms with Gasteiger partial charge in [0.15, 0.2) is 0 Å². The first-order valence-corrected chi connectivity index (χ1v) is 4.83. The van der Waals surface area contributed by atoms with Gasteiger partial charge in [-0.25, -0.2) is 8.78 Å². The second-order valence-corrected chi connectivity index (χ2v) is 3.51. The highest BCUT2D eigenvalue weighted by Crippen LogP contribution is 2.21. The summed E-state index contributed by atoms with van der Waals surface area (Å²) >= 11 is 0. The van der Waals surface area contributed by atoms with E-state index in [1.54, 1.807) is 13.8 Å². The van der Waals surface area contributed by atoms with Crippen LogP contribution in [0.4, 0.5) is 8.78 Å². The molecule has 0 spiro atoms. The fraction of sp³-hybridized carbons (Fsp3) is 0.364. The molecule has 3 nitrogen and oxygen atoms in total. The summed E-state index contributed by atoms with van der Waals surface area (Å²) in [5, 5.41) is 2.16. The summed E-state index contributed by atoms with van der Waals surface area (Å²) < 4.78 is 32.0. The van der Waals surface area contributed by atoms with E-state index in [9.17, 15) is 13.6 Å². The highest BCUT2D eigenvalue weighted by atomic mass is 19.1. The Bertz CT molecular complexity index is 382. The first-order valence-electron chi connectivity index (χ1n) is 4.83. The Balaban J connectivity index is 3.12. The van der Waals surface area contributed by atoms with E-state index in [0.717, 1.165) is 12.1 Å². The molecule has 16 heavy (non-hydrogen) atoms. The zero-order chi connectivity index (χ0) is 12.3. The third-order valence-electron chi connectivity index (χ3n) is 1.84. The second kappa shape index (κ2) is 4.92. The summed E-state index contributed by atoms with van der Waals surface area (Å²) in [5.74, 6) is -2.60. The van der Waals surface area contributed by atoms with Gasteiger partial charge < -0.3 is 10.1 Å². The first kappa shape index (κ1) is 12.4. The lowest BCUT2D eigenvalue weighted by molar-refractivity contribution is 0.0954. The molecule has 0 saturated carbocycles. The minimum Gasteiger partial charge on any atom is -0.491 e. The highest BCUT2D eigenvalue weighted by molar-refractivity contribution is 5.94. The Hall–Kier alpha value is -1.65. The molecule has 5 heteroatoms. The van der Waals surface area contributed by atoms with Crippen molar-refractivity contribution in [1.82, 2.24) is 5.32 Å². The molecule has 0 bridgehead atoms. The van der Waals surface area contributed by atoms with Gasteiger partial charge in [0, 0.05) is 19.2 Å². The third kappa shape index (κ3) is 2.68. The van der Waals surface area contributed by atoms with Crippen molar-refractivity contribution in [2.75, 3.05) is 7.05 Å². The number of nitrogens with one attached hydrogen (secondary N) is 1. The van der Waals surface area contributed by atoms with Gasteiger partial charge in [-0.3, -0.25) is 4.79 Å². The monoisotopic (exact) mass is 229 g/mol. The minimum absolute atomic E-state index is 0.0673. The predicted molar refractivity (Wildman–Crippen MR) is 55.5 cm³/mol. The fourth-order valence-electron chi connectivity index (χ4n) is 1.23. The van der Waals surface area contributed by atoms with Gasteiger partial charge in [0.2, 0.25) is 0 Å². The molecule has 0 aliphatic carbocycles. The first-order chi connectivity index (χ1) is 7.45. The van der Waals surface area contributed by atoms with E-state index in [-0.39, 0.29) is 11.9 Å². The van der Waals surface area contributed by atoms with Crippen molar-refractivity contribution in [1.29, 1.82) is 0 Å². The molecule has 0 heterocycles. The van der Waals surface area contributed by atoms with Gasteiger partial charge in [-0.1, -0.05) is 0 Å². The molecule has 1 amide bonds. The standard InChI is InChI=1S/C11H13F2NO2/c1-6(2)16-7-4-8(12)10(9(13)5-7)11(15)14-3/h4-6H,1-3H3,(H,14,15). The van der Waals surface area contributed by atoms with Crippen molar-refractivity contribution < 1.29 is 18.3 Å². The van der Waals surface area contributed by atoms with Crippen molar-refractivity contribution in [3.8, 4) is 5.75 Å². The van der Waals surface area contributed by atoms with Gasteiger partial charge in [0.25, 0.3) is 5.91 Å². The van der Waals surface area contributed by atoms with Gasteiger partial charge in [-0.05, 0) is 13.8 Å². The molecule has 88 valence electrons. The van der Waals surface area contributed by atoms with Crippen LogP contribution in [-0.2, 0) is 0 Å². The lowest BCUT2D eigenvalue weighted by Crippen LogP contribution is -2.21. The quantitative estimate of drug-likeness (QED) is 0.862. The Morgan fingerprint density at radius 2 is 1.81 bits per heavy atom. The van der Waals surface area contributed by atoms with Crippen molar-refractivity contribution in [3.05, 3.63) is 29.3 Å². The average Bonchev–Trinajstić information content (AvgIpc) is 2.15. The van der Waals surface area contributed by atoms with Gasteiger partial charge in [0.05, 0.1) is 6.10 Å². The molecular formula is C11H13F2NO2. The zero-order valence-corrected chi connectivity index (χ0v) is 9.30. The maximum absolute atomic E-state index is 13.4. The topological polar surface area (TPSA) is 38.3 Å². The van der Waals surface area contributed by atoms with Crippen LogP contribution in [0, 0.1) is 11.6 Å². The molecule has 1 aromatic carbocycles. The van der Waals surface area contributed by atoms with Crippen LogP contribution < -0.4 is 10.1 Å². The van der Waals surface area contributed by atoms with E-state index in [0.29, 0.717) is 0 Å². The maximum Gasteiger partial charge on any atom is 0.257 e. The van der Waals surface area contributed by atoms with Gasteiger partial charge >= 0.3 is 0 Å². The largest absolute Gasteiger partial charge is 0.491 e. The Labute approximate surface area is 92.4 Å². The number of carbonyl (C=O) groups is 1. The summed E-state index contributed by atoms with van der Waals surface area (Å²) in [4.78, 5) is 11.2. The maximum atomic E-state index is 13.4. The van der Waals surface area contributed by atoms with Crippen LogP contribution in [0.25, 0.3) is 0 Å². The zero-order valence-electron chi connectivity index (χ0n) is 9.30. The second-order valence-electron chi connectivity index (χ2n) is 3.51. The summed E-state index contributed by atoms with van der Waals surface area (Å²) in [5.41, 5.74) is -0.599. The SMILES string of the molecule is CNC(=O)c1c(F)cc(OC(C)C)cc1F. The molecule has 0 aliphatic heterocycles. The smallest absolute Gasteiger partial charge is 0.257 e. The van der Waals surface area contributed by atoms with Crippen molar-refractivity contribution in [2.24, 2.45) is 0 Å². The lowest BCUT2D eigenvalue weighted by Gasteiger charge is -2.11. The van der Waals surface area contributed by atoms with E-state index in [2.05, 4.69) is 5.32 Å². The van der Waals surface area contributed by atoms with E-state index >= 15 is 0 Å². The van der Waals surface area contributed by atoms with Crippen LogP contribution in [-0.4, -0.2) is 19.1 Å². The van der Waals surface area contributed by atoms with Crippen molar-refractivity contribution in [2.45, 2.75) is 20.0 Å². The molecule has 0 fully saturated rings. The van der Waals surface area contributed by atoms with Crippen molar-refractivity contribution in [3.63, 3.8) is 0 Å². The van der Waals surface area contributed by atoms with E-state index in [1.807, 2.05) is 0 Å². The Kier molecular flexibility index (Phi) is 3.82. The molecule has 0 unspecified atom stereocenters. The van der Waals surface area contributed by atoms with E-state index in [4.69, 9.17) is 4.74 Å². The Morgan fingerprint density at radius 3 is 2.19 bits per heavy atom. The number of ether oxygens (including phenoxy) is 1. The number of hydrogen-bond donors (Lipinski definition) is 1. The molecule has 1 rings (SSSR count). The minimum atomic E-state index is -0.935. The molecule has 0 aromatic heterocycles. The van der Waals surface area contributed by atoms with Crippen LogP contribution in [0.2, 0.25) is 0 Å². The molecule has 0 radical (unpaired) electrons. The van der Waals surface area contributed by atoms with Crippen LogP contribution in [0.3, 0.4) is 0 Å². The summed E-state index contributed by atoms with van der Waals surface area (Å²) in [6.45, 7) is 3.48. The number of carbonyl (C=O) groups excluding carboxylic acids is 1. The van der Waals surface area contributed by atoms with Crippen LogP contribution in [0.1, 0.15) is 24.2 Å². The van der Waals surface area contributed by atoms with Crippen LogP contribution >= 0.6 is 0 Å². The molecular weight excluding hydrogens is 216 g/mol. The van der Waals surface area contributed by atoms with Gasteiger partial charge in [-0.2, -0.15) is 0 Å². The Morgan fingerprint density at radius 1 is 1.31 bits per heavy atom. The van der Waals surface area contributed by atoms with Crippen molar-refractivity contribution >= 4 is 5.91 Å². The number of hydrogen-bond acceptors (Lipinski definition) is 2. The van der Waals surface area contributed by atoms with E-state index in [1.165, 1.54) is 7.05 Å².